The van der Waals surface area contributed by atoms with Crippen LogP contribution >= 0.6 is 23.2 Å². The van der Waals surface area contributed by atoms with Crippen molar-refractivity contribution in [1.29, 1.82) is 0 Å². The van der Waals surface area contributed by atoms with Crippen molar-refractivity contribution in [3.63, 3.8) is 0 Å². The molecule has 0 bridgehead atoms. The summed E-state index contributed by atoms with van der Waals surface area (Å²) in [5.74, 6) is 0.379. The number of aromatic nitrogens is 4. The molecule has 150 valence electrons. The number of pyridine rings is 1. The van der Waals surface area contributed by atoms with Gasteiger partial charge >= 0.3 is 5.69 Å². The Morgan fingerprint density at radius 2 is 1.90 bits per heavy atom. The summed E-state index contributed by atoms with van der Waals surface area (Å²) < 4.78 is 6.80. The maximum Gasteiger partial charge on any atom is 0.349 e. The van der Waals surface area contributed by atoms with Crippen LogP contribution in [0, 0.1) is 0 Å². The van der Waals surface area contributed by atoms with Gasteiger partial charge in [-0.15, -0.1) is 5.10 Å². The average Bonchev–Trinajstić information content (AvgIpc) is 3.05. The number of H-pyrrole nitrogens is 2. The van der Waals surface area contributed by atoms with Crippen LogP contribution < -0.4 is 27.3 Å². The third-order valence-electron chi connectivity index (χ3n) is 4.81. The van der Waals surface area contributed by atoms with Crippen molar-refractivity contribution in [2.75, 3.05) is 5.73 Å². The van der Waals surface area contributed by atoms with Gasteiger partial charge in [0.1, 0.15) is 5.75 Å². The summed E-state index contributed by atoms with van der Waals surface area (Å²) >= 11 is 12.7. The lowest BCUT2D eigenvalue weighted by molar-refractivity contribution is 0.474. The number of anilines is 1. The van der Waals surface area contributed by atoms with Crippen LogP contribution in [0.1, 0.15) is 30.4 Å². The van der Waals surface area contributed by atoms with E-state index in [4.69, 9.17) is 33.7 Å². The van der Waals surface area contributed by atoms with Crippen LogP contribution in [-0.2, 0) is 6.42 Å². The van der Waals surface area contributed by atoms with E-state index in [0.717, 1.165) is 16.7 Å². The number of hydrogen-bond acceptors (Lipinski definition) is 6. The highest BCUT2D eigenvalue weighted by atomic mass is 35.5. The van der Waals surface area contributed by atoms with E-state index >= 15 is 0 Å². The second-order valence-corrected chi connectivity index (χ2v) is 7.53. The summed E-state index contributed by atoms with van der Waals surface area (Å²) in [5, 5.41) is 3.96. The van der Waals surface area contributed by atoms with Crippen molar-refractivity contribution in [2.24, 2.45) is 0 Å². The zero-order valence-electron chi connectivity index (χ0n) is 15.1. The molecular formula is C18H15Cl2N5O4. The van der Waals surface area contributed by atoms with Crippen LogP contribution in [0.15, 0.2) is 32.7 Å². The number of nitrogen functional groups attached to an aromatic ring is 1. The molecule has 4 rings (SSSR count). The molecule has 2 heterocycles. The molecule has 3 aromatic rings. The maximum absolute atomic E-state index is 12.1. The van der Waals surface area contributed by atoms with E-state index < -0.39 is 11.2 Å². The quantitative estimate of drug-likeness (QED) is 0.577. The SMILES string of the molecule is CC1CCc2c(Oc3c(Cl)cc(-n4nc(N)c(=O)[nH]c4=O)cc3Cl)c[nH]c(=O)c21. The summed E-state index contributed by atoms with van der Waals surface area (Å²) in [7, 11) is 0. The zero-order chi connectivity index (χ0) is 20.9. The normalized spacial score (nSPS) is 15.3. The monoisotopic (exact) mass is 435 g/mol. The number of halogens is 2. The Bertz CT molecular complexity index is 1290. The van der Waals surface area contributed by atoms with E-state index in [9.17, 15) is 14.4 Å². The summed E-state index contributed by atoms with van der Waals surface area (Å²) in [6.45, 7) is 1.99. The highest BCUT2D eigenvalue weighted by Crippen LogP contribution is 2.42. The predicted molar refractivity (Wildman–Crippen MR) is 109 cm³/mol. The Kier molecular flexibility index (Phi) is 4.71. The maximum atomic E-state index is 12.1. The van der Waals surface area contributed by atoms with Gasteiger partial charge in [-0.1, -0.05) is 30.1 Å². The number of benzene rings is 1. The number of hydrogen-bond donors (Lipinski definition) is 3. The Hall–Kier alpha value is -3.04. The molecule has 0 fully saturated rings. The van der Waals surface area contributed by atoms with E-state index in [1.807, 2.05) is 11.9 Å². The Balaban J connectivity index is 1.77. The van der Waals surface area contributed by atoms with E-state index in [1.165, 1.54) is 18.3 Å². The van der Waals surface area contributed by atoms with Gasteiger partial charge in [0.05, 0.1) is 15.7 Å². The first-order valence-electron chi connectivity index (χ1n) is 8.67. The second-order valence-electron chi connectivity index (χ2n) is 6.71. The number of fused-ring (bicyclic) bond motifs is 1. The average molecular weight is 436 g/mol. The molecule has 4 N–H and O–H groups in total. The minimum Gasteiger partial charge on any atom is -0.452 e. The van der Waals surface area contributed by atoms with Crippen molar-refractivity contribution < 1.29 is 4.74 Å². The van der Waals surface area contributed by atoms with Crippen molar-refractivity contribution in [1.82, 2.24) is 19.7 Å². The first kappa shape index (κ1) is 19.3. The van der Waals surface area contributed by atoms with E-state index in [0.29, 0.717) is 17.7 Å². The number of ether oxygens (including phenoxy) is 1. The molecule has 1 atom stereocenters. The molecule has 0 amide bonds. The van der Waals surface area contributed by atoms with Gasteiger partial charge in [0, 0.05) is 17.3 Å². The summed E-state index contributed by atoms with van der Waals surface area (Å²) in [6.07, 6.45) is 3.04. The molecule has 29 heavy (non-hydrogen) atoms. The lowest BCUT2D eigenvalue weighted by atomic mass is 10.1. The second kappa shape index (κ2) is 7.09. The minimum atomic E-state index is -0.794. The van der Waals surface area contributed by atoms with Crippen LogP contribution in [0.4, 0.5) is 5.82 Å². The van der Waals surface area contributed by atoms with Crippen LogP contribution in [0.2, 0.25) is 10.0 Å². The molecule has 9 nitrogen and oxygen atoms in total. The molecule has 0 aliphatic heterocycles. The minimum absolute atomic E-state index is 0.108. The first-order chi connectivity index (χ1) is 13.8. The van der Waals surface area contributed by atoms with Gasteiger partial charge < -0.3 is 15.5 Å². The van der Waals surface area contributed by atoms with Crippen LogP contribution in [0.25, 0.3) is 5.69 Å². The third-order valence-corrected chi connectivity index (χ3v) is 5.38. The van der Waals surface area contributed by atoms with Gasteiger partial charge in [-0.2, -0.15) is 4.68 Å². The smallest absolute Gasteiger partial charge is 0.349 e. The molecule has 1 aliphatic carbocycles. The summed E-state index contributed by atoms with van der Waals surface area (Å²) in [4.78, 5) is 40.3. The van der Waals surface area contributed by atoms with Gasteiger partial charge in [0.15, 0.2) is 5.75 Å². The van der Waals surface area contributed by atoms with Crippen molar-refractivity contribution in [2.45, 2.75) is 25.7 Å². The van der Waals surface area contributed by atoms with Gasteiger partial charge in [-0.3, -0.25) is 14.6 Å². The fraction of sp³-hybridized carbons (Fsp3) is 0.222. The molecule has 0 saturated carbocycles. The fourth-order valence-electron chi connectivity index (χ4n) is 3.40. The van der Waals surface area contributed by atoms with Crippen molar-refractivity contribution in [3.05, 3.63) is 70.7 Å². The predicted octanol–water partition coefficient (Wildman–Crippen LogP) is 2.34. The summed E-state index contributed by atoms with van der Waals surface area (Å²) in [5.41, 5.74) is 5.48. The van der Waals surface area contributed by atoms with E-state index in [2.05, 4.69) is 10.1 Å². The standard InChI is InChI=1S/C18H15Cl2N5O4/c1-7-2-3-9-12(6-22-16(26)13(7)9)29-14-10(19)4-8(5-11(14)20)25-18(28)23-17(27)15(21)24-25/h4-7H,2-3H2,1H3,(H2,21,24)(H,22,26)(H,23,27,28). The Labute approximate surface area is 173 Å². The molecule has 1 unspecified atom stereocenters. The molecule has 11 heteroatoms. The fourth-order valence-corrected chi connectivity index (χ4v) is 3.96. The molecule has 1 aromatic carbocycles. The molecule has 0 spiro atoms. The van der Waals surface area contributed by atoms with E-state index in [-0.39, 0.29) is 38.8 Å². The molecule has 0 saturated heterocycles. The highest BCUT2D eigenvalue weighted by Gasteiger charge is 2.26. The topological polar surface area (TPSA) is 136 Å². The van der Waals surface area contributed by atoms with E-state index in [1.54, 1.807) is 0 Å². The largest absolute Gasteiger partial charge is 0.452 e. The first-order valence-corrected chi connectivity index (χ1v) is 9.42. The number of rotatable bonds is 3. The number of nitrogens with zero attached hydrogens (tertiary/aromatic N) is 2. The number of aromatic amines is 2. The van der Waals surface area contributed by atoms with Gasteiger partial charge in [-0.05, 0) is 30.9 Å². The third kappa shape index (κ3) is 3.32. The molecule has 1 aliphatic rings. The zero-order valence-corrected chi connectivity index (χ0v) is 16.6. The molecule has 2 aromatic heterocycles. The number of nitrogens with one attached hydrogen (secondary N) is 2. The van der Waals surface area contributed by atoms with Crippen LogP contribution in [0.5, 0.6) is 11.5 Å². The molecule has 0 radical (unpaired) electrons. The Morgan fingerprint density at radius 1 is 1.21 bits per heavy atom. The summed E-state index contributed by atoms with van der Waals surface area (Å²) in [6, 6.07) is 2.81. The number of nitrogens with two attached hydrogens (primary N) is 1. The van der Waals surface area contributed by atoms with Gasteiger partial charge in [0.2, 0.25) is 5.82 Å². The lowest BCUT2D eigenvalue weighted by Gasteiger charge is -2.14. The van der Waals surface area contributed by atoms with Crippen molar-refractivity contribution in [3.8, 4) is 17.2 Å². The van der Waals surface area contributed by atoms with Gasteiger partial charge in [-0.25, -0.2) is 4.79 Å². The molecular weight excluding hydrogens is 421 g/mol. The van der Waals surface area contributed by atoms with Gasteiger partial charge in [0.25, 0.3) is 11.1 Å². The highest BCUT2D eigenvalue weighted by molar-refractivity contribution is 6.37. The van der Waals surface area contributed by atoms with Crippen molar-refractivity contribution >= 4 is 29.0 Å². The van der Waals surface area contributed by atoms with Crippen LogP contribution in [0.3, 0.4) is 0 Å². The van der Waals surface area contributed by atoms with Crippen LogP contribution in [-0.4, -0.2) is 19.7 Å². The lowest BCUT2D eigenvalue weighted by Crippen LogP contribution is -2.33. The Morgan fingerprint density at radius 3 is 2.59 bits per heavy atom.